The van der Waals surface area contributed by atoms with Crippen LogP contribution in [0.5, 0.6) is 0 Å². The van der Waals surface area contributed by atoms with Crippen molar-refractivity contribution in [1.29, 1.82) is 0 Å². The Morgan fingerprint density at radius 3 is 2.53 bits per heavy atom. The highest BCUT2D eigenvalue weighted by molar-refractivity contribution is 6.30. The number of amides is 1. The molecule has 3 aromatic heterocycles. The van der Waals surface area contributed by atoms with E-state index in [-0.39, 0.29) is 29.0 Å². The van der Waals surface area contributed by atoms with Gasteiger partial charge in [-0.3, -0.25) is 9.48 Å². The van der Waals surface area contributed by atoms with Crippen molar-refractivity contribution in [2.24, 2.45) is 0 Å². The zero-order valence-electron chi connectivity index (χ0n) is 17.1. The molecule has 1 amide bonds. The number of anilines is 1. The minimum Gasteiger partial charge on any atom is -0.308 e. The van der Waals surface area contributed by atoms with E-state index >= 15 is 0 Å². The van der Waals surface area contributed by atoms with E-state index in [9.17, 15) is 18.0 Å². The molecule has 0 atom stereocenters. The van der Waals surface area contributed by atoms with Gasteiger partial charge in [-0.25, -0.2) is 9.67 Å². The molecule has 11 heteroatoms. The van der Waals surface area contributed by atoms with Gasteiger partial charge in [0.25, 0.3) is 0 Å². The molecule has 3 heterocycles. The van der Waals surface area contributed by atoms with Gasteiger partial charge in [-0.1, -0.05) is 23.7 Å². The van der Waals surface area contributed by atoms with E-state index in [4.69, 9.17) is 11.6 Å². The summed E-state index contributed by atoms with van der Waals surface area (Å²) in [4.78, 5) is 16.7. The smallest absolute Gasteiger partial charge is 0.308 e. The number of nitrogens with one attached hydrogen (secondary N) is 1. The minimum atomic E-state index is -4.55. The van der Waals surface area contributed by atoms with Gasteiger partial charge in [0.1, 0.15) is 6.54 Å². The number of fused-ring (bicyclic) bond motifs is 1. The highest BCUT2D eigenvalue weighted by atomic mass is 35.5. The van der Waals surface area contributed by atoms with Crippen LogP contribution in [0.1, 0.15) is 22.5 Å². The Morgan fingerprint density at radius 2 is 1.84 bits per heavy atom. The van der Waals surface area contributed by atoms with Crippen LogP contribution in [-0.4, -0.2) is 30.5 Å². The Labute approximate surface area is 185 Å². The second-order valence-electron chi connectivity index (χ2n) is 7.32. The SMILES string of the molecule is Cc1cc(C(F)(F)F)c2c(C)nn(CC(=O)Nc3ccn(Cc4ccc(Cl)cc4)n3)c2n1. The largest absolute Gasteiger partial charge is 0.417 e. The fourth-order valence-corrected chi connectivity index (χ4v) is 3.55. The van der Waals surface area contributed by atoms with E-state index in [1.165, 1.54) is 18.5 Å². The van der Waals surface area contributed by atoms with Crippen molar-refractivity contribution in [2.45, 2.75) is 33.1 Å². The lowest BCUT2D eigenvalue weighted by Crippen LogP contribution is -2.20. The van der Waals surface area contributed by atoms with Gasteiger partial charge in [-0.15, -0.1) is 0 Å². The average Bonchev–Trinajstić information content (AvgIpc) is 3.26. The number of aryl methyl sites for hydroxylation is 2. The molecule has 0 aliphatic carbocycles. The number of benzene rings is 1. The number of pyridine rings is 1. The first kappa shape index (κ1) is 21.8. The van der Waals surface area contributed by atoms with E-state index in [0.29, 0.717) is 17.4 Å². The lowest BCUT2D eigenvalue weighted by molar-refractivity contribution is -0.136. The molecular formula is C21H18ClF3N6O. The number of aromatic nitrogens is 5. The summed E-state index contributed by atoms with van der Waals surface area (Å²) in [7, 11) is 0. The predicted octanol–water partition coefficient (Wildman–Crippen LogP) is 4.60. The zero-order valence-corrected chi connectivity index (χ0v) is 17.9. The second-order valence-corrected chi connectivity index (χ2v) is 7.76. The topological polar surface area (TPSA) is 77.6 Å². The summed E-state index contributed by atoms with van der Waals surface area (Å²) in [5.74, 6) is -0.166. The molecule has 0 bridgehead atoms. The molecule has 0 aliphatic rings. The highest BCUT2D eigenvalue weighted by Crippen LogP contribution is 2.36. The van der Waals surface area contributed by atoms with Crippen molar-refractivity contribution in [3.05, 3.63) is 70.1 Å². The molecule has 166 valence electrons. The van der Waals surface area contributed by atoms with Gasteiger partial charge in [0.05, 0.1) is 23.2 Å². The molecule has 0 saturated heterocycles. The average molecular weight is 463 g/mol. The number of alkyl halides is 3. The molecule has 0 saturated carbocycles. The molecule has 4 aromatic rings. The van der Waals surface area contributed by atoms with Crippen LogP contribution < -0.4 is 5.32 Å². The third kappa shape index (κ3) is 4.59. The fourth-order valence-electron chi connectivity index (χ4n) is 3.42. The standard InChI is InChI=1S/C21H18ClF3N6O/c1-12-9-16(21(23,24)25)19-13(2)28-31(20(19)26-12)11-18(32)27-17-7-8-30(29-17)10-14-3-5-15(22)6-4-14/h3-9H,10-11H2,1-2H3,(H,27,29,32). The Morgan fingerprint density at radius 1 is 1.12 bits per heavy atom. The Balaban J connectivity index is 1.51. The quantitative estimate of drug-likeness (QED) is 0.470. The van der Waals surface area contributed by atoms with Crippen molar-refractivity contribution in [3.8, 4) is 0 Å². The molecule has 1 aromatic carbocycles. The lowest BCUT2D eigenvalue weighted by Gasteiger charge is -2.10. The Kier molecular flexibility index (Phi) is 5.64. The van der Waals surface area contributed by atoms with E-state index in [0.717, 1.165) is 11.6 Å². The van der Waals surface area contributed by atoms with E-state index in [2.05, 4.69) is 20.5 Å². The summed E-state index contributed by atoms with van der Waals surface area (Å²) in [6.45, 7) is 3.11. The van der Waals surface area contributed by atoms with E-state index in [1.807, 2.05) is 12.1 Å². The van der Waals surface area contributed by atoms with Crippen molar-refractivity contribution in [3.63, 3.8) is 0 Å². The molecule has 4 rings (SSSR count). The maximum atomic E-state index is 13.5. The van der Waals surface area contributed by atoms with Crippen LogP contribution in [0.3, 0.4) is 0 Å². The molecule has 0 unspecified atom stereocenters. The third-order valence-electron chi connectivity index (χ3n) is 4.77. The molecule has 0 aliphatic heterocycles. The summed E-state index contributed by atoms with van der Waals surface area (Å²) in [5, 5.41) is 11.6. The van der Waals surface area contributed by atoms with Crippen molar-refractivity contribution >= 4 is 34.4 Å². The first-order chi connectivity index (χ1) is 15.1. The number of halogens is 4. The van der Waals surface area contributed by atoms with Crippen molar-refractivity contribution < 1.29 is 18.0 Å². The number of nitrogens with zero attached hydrogens (tertiary/aromatic N) is 5. The molecule has 1 N–H and O–H groups in total. The van der Waals surface area contributed by atoms with Gasteiger partial charge in [0.15, 0.2) is 11.5 Å². The molecule has 0 fully saturated rings. The second kappa shape index (κ2) is 8.27. The van der Waals surface area contributed by atoms with E-state index < -0.39 is 17.6 Å². The summed E-state index contributed by atoms with van der Waals surface area (Å²) in [5.41, 5.74) is 0.520. The van der Waals surface area contributed by atoms with Gasteiger partial charge in [-0.2, -0.15) is 23.4 Å². The van der Waals surface area contributed by atoms with E-state index in [1.54, 1.807) is 29.1 Å². The fraction of sp³-hybridized carbons (Fsp3) is 0.238. The van der Waals surface area contributed by atoms with Gasteiger partial charge in [0.2, 0.25) is 5.91 Å². The zero-order chi connectivity index (χ0) is 23.0. The third-order valence-corrected chi connectivity index (χ3v) is 5.02. The number of carbonyl (C=O) groups excluding carboxylic acids is 1. The highest BCUT2D eigenvalue weighted by Gasteiger charge is 2.35. The molecule has 7 nitrogen and oxygen atoms in total. The monoisotopic (exact) mass is 462 g/mol. The lowest BCUT2D eigenvalue weighted by atomic mass is 10.1. The van der Waals surface area contributed by atoms with Gasteiger partial charge >= 0.3 is 6.18 Å². The number of rotatable bonds is 5. The van der Waals surface area contributed by atoms with Crippen LogP contribution >= 0.6 is 11.6 Å². The minimum absolute atomic E-state index is 0.0123. The maximum absolute atomic E-state index is 13.5. The number of carbonyl (C=O) groups is 1. The Hall–Kier alpha value is -3.40. The van der Waals surface area contributed by atoms with Crippen molar-refractivity contribution in [1.82, 2.24) is 24.5 Å². The predicted molar refractivity (Wildman–Crippen MR) is 113 cm³/mol. The Bertz CT molecular complexity index is 1290. The van der Waals surface area contributed by atoms with Gasteiger partial charge in [-0.05, 0) is 37.6 Å². The van der Waals surface area contributed by atoms with Crippen LogP contribution in [0.4, 0.5) is 19.0 Å². The molecule has 0 radical (unpaired) electrons. The summed E-state index contributed by atoms with van der Waals surface area (Å²) in [6, 6.07) is 9.91. The van der Waals surface area contributed by atoms with Gasteiger partial charge < -0.3 is 5.32 Å². The number of hydrogen-bond donors (Lipinski definition) is 1. The first-order valence-corrected chi connectivity index (χ1v) is 9.97. The maximum Gasteiger partial charge on any atom is 0.417 e. The molecule has 32 heavy (non-hydrogen) atoms. The van der Waals surface area contributed by atoms with Crippen LogP contribution in [0.25, 0.3) is 11.0 Å². The summed E-state index contributed by atoms with van der Waals surface area (Å²) < 4.78 is 43.2. The molecule has 0 spiro atoms. The van der Waals surface area contributed by atoms with Crippen LogP contribution in [0, 0.1) is 13.8 Å². The first-order valence-electron chi connectivity index (χ1n) is 9.60. The molecular weight excluding hydrogens is 445 g/mol. The normalized spacial score (nSPS) is 11.8. The van der Waals surface area contributed by atoms with Crippen molar-refractivity contribution in [2.75, 3.05) is 5.32 Å². The van der Waals surface area contributed by atoms with Gasteiger partial charge in [0, 0.05) is 23.0 Å². The van der Waals surface area contributed by atoms with Crippen LogP contribution in [0.15, 0.2) is 42.6 Å². The summed E-state index contributed by atoms with van der Waals surface area (Å²) >= 11 is 5.88. The number of hydrogen-bond acceptors (Lipinski definition) is 4. The van der Waals surface area contributed by atoms with Crippen LogP contribution in [0.2, 0.25) is 5.02 Å². The van der Waals surface area contributed by atoms with Crippen LogP contribution in [-0.2, 0) is 24.1 Å². The summed E-state index contributed by atoms with van der Waals surface area (Å²) in [6.07, 6.45) is -2.85.